The van der Waals surface area contributed by atoms with E-state index < -0.39 is 0 Å². The molecule has 0 radical (unpaired) electrons. The van der Waals surface area contributed by atoms with Gasteiger partial charge in [-0.05, 0) is 61.4 Å². The number of rotatable bonds is 7. The van der Waals surface area contributed by atoms with Crippen LogP contribution in [0.4, 0.5) is 4.39 Å². The number of benzene rings is 2. The SMILES string of the molecule is O=C(c1ccc(COc2ccc(F)cc2)o1)N1CCCC(COc2ccccc2)C1. The van der Waals surface area contributed by atoms with Gasteiger partial charge in [-0.2, -0.15) is 0 Å². The highest BCUT2D eigenvalue weighted by atomic mass is 19.1. The lowest BCUT2D eigenvalue weighted by molar-refractivity contribution is 0.0598. The lowest BCUT2D eigenvalue weighted by Crippen LogP contribution is -2.41. The molecule has 30 heavy (non-hydrogen) atoms. The lowest BCUT2D eigenvalue weighted by Gasteiger charge is -2.32. The molecule has 156 valence electrons. The van der Waals surface area contributed by atoms with Crippen molar-refractivity contribution in [1.29, 1.82) is 0 Å². The largest absolute Gasteiger partial charge is 0.493 e. The second kappa shape index (κ2) is 9.48. The summed E-state index contributed by atoms with van der Waals surface area (Å²) in [6, 6.07) is 18.9. The smallest absolute Gasteiger partial charge is 0.289 e. The Balaban J connectivity index is 1.29. The third-order valence-electron chi connectivity index (χ3n) is 5.10. The lowest BCUT2D eigenvalue weighted by atomic mass is 9.99. The number of halogens is 1. The van der Waals surface area contributed by atoms with Gasteiger partial charge in [0.1, 0.15) is 29.7 Å². The molecule has 1 amide bonds. The first-order valence-corrected chi connectivity index (χ1v) is 10.1. The number of amides is 1. The third kappa shape index (κ3) is 5.20. The minimum Gasteiger partial charge on any atom is -0.493 e. The van der Waals surface area contributed by atoms with Gasteiger partial charge in [0.05, 0.1) is 6.61 Å². The maximum atomic E-state index is 13.0. The van der Waals surface area contributed by atoms with Crippen molar-refractivity contribution < 1.29 is 23.1 Å². The average Bonchev–Trinajstić information content (AvgIpc) is 3.27. The Morgan fingerprint density at radius 1 is 1.00 bits per heavy atom. The van der Waals surface area contributed by atoms with Gasteiger partial charge in [-0.15, -0.1) is 0 Å². The van der Waals surface area contributed by atoms with Crippen LogP contribution in [0.15, 0.2) is 71.1 Å². The summed E-state index contributed by atoms with van der Waals surface area (Å²) in [4.78, 5) is 14.7. The van der Waals surface area contributed by atoms with Crippen molar-refractivity contribution in [3.05, 3.63) is 84.1 Å². The highest BCUT2D eigenvalue weighted by Gasteiger charge is 2.26. The second-order valence-corrected chi connectivity index (χ2v) is 7.39. The zero-order chi connectivity index (χ0) is 20.8. The molecular weight excluding hydrogens is 385 g/mol. The van der Waals surface area contributed by atoms with E-state index in [1.165, 1.54) is 12.1 Å². The van der Waals surface area contributed by atoms with E-state index in [1.54, 1.807) is 24.3 Å². The van der Waals surface area contributed by atoms with Crippen molar-refractivity contribution in [1.82, 2.24) is 4.90 Å². The predicted octanol–water partition coefficient (Wildman–Crippen LogP) is 4.93. The molecule has 0 N–H and O–H groups in total. The van der Waals surface area contributed by atoms with E-state index in [9.17, 15) is 9.18 Å². The van der Waals surface area contributed by atoms with Crippen LogP contribution in [0.3, 0.4) is 0 Å². The fraction of sp³-hybridized carbons (Fsp3) is 0.292. The molecule has 1 saturated heterocycles. The van der Waals surface area contributed by atoms with Gasteiger partial charge in [0.15, 0.2) is 5.76 Å². The Hall–Kier alpha value is -3.28. The van der Waals surface area contributed by atoms with Crippen LogP contribution in [0.1, 0.15) is 29.2 Å². The Morgan fingerprint density at radius 2 is 1.77 bits per heavy atom. The number of piperidine rings is 1. The number of carbonyl (C=O) groups is 1. The Bertz CT molecular complexity index is 955. The zero-order valence-corrected chi connectivity index (χ0v) is 16.6. The molecular formula is C24H24FNO4. The van der Waals surface area contributed by atoms with Gasteiger partial charge in [0, 0.05) is 19.0 Å². The molecule has 1 fully saturated rings. The van der Waals surface area contributed by atoms with Crippen LogP contribution in [0.2, 0.25) is 0 Å². The molecule has 1 atom stereocenters. The number of nitrogens with zero attached hydrogens (tertiary/aromatic N) is 1. The number of ether oxygens (including phenoxy) is 2. The van der Waals surface area contributed by atoms with Gasteiger partial charge >= 0.3 is 0 Å². The van der Waals surface area contributed by atoms with Crippen molar-refractivity contribution in [2.75, 3.05) is 19.7 Å². The van der Waals surface area contributed by atoms with E-state index >= 15 is 0 Å². The van der Waals surface area contributed by atoms with Crippen LogP contribution in [-0.2, 0) is 6.61 Å². The highest BCUT2D eigenvalue weighted by Crippen LogP contribution is 2.22. The second-order valence-electron chi connectivity index (χ2n) is 7.39. The summed E-state index contributed by atoms with van der Waals surface area (Å²) >= 11 is 0. The maximum absolute atomic E-state index is 13.0. The van der Waals surface area contributed by atoms with Crippen LogP contribution < -0.4 is 9.47 Å². The van der Waals surface area contributed by atoms with Gasteiger partial charge in [0.2, 0.25) is 0 Å². The molecule has 2 aromatic carbocycles. The molecule has 5 nitrogen and oxygen atoms in total. The Morgan fingerprint density at radius 3 is 2.57 bits per heavy atom. The molecule has 0 bridgehead atoms. The molecule has 6 heteroatoms. The van der Waals surface area contributed by atoms with Gasteiger partial charge in [-0.1, -0.05) is 18.2 Å². The molecule has 3 aromatic rings. The zero-order valence-electron chi connectivity index (χ0n) is 16.6. The molecule has 2 heterocycles. The summed E-state index contributed by atoms with van der Waals surface area (Å²) in [6.07, 6.45) is 1.97. The monoisotopic (exact) mass is 409 g/mol. The molecule has 1 aromatic heterocycles. The number of para-hydroxylation sites is 1. The number of hydrogen-bond donors (Lipinski definition) is 0. The van der Waals surface area contributed by atoms with Crippen LogP contribution in [0.5, 0.6) is 11.5 Å². The van der Waals surface area contributed by atoms with Crippen LogP contribution in [0.25, 0.3) is 0 Å². The fourth-order valence-electron chi connectivity index (χ4n) is 3.53. The van der Waals surface area contributed by atoms with Crippen molar-refractivity contribution in [3.63, 3.8) is 0 Å². The molecule has 4 rings (SSSR count). The molecule has 1 aliphatic heterocycles. The number of likely N-dealkylation sites (tertiary alicyclic amines) is 1. The van der Waals surface area contributed by atoms with E-state index in [2.05, 4.69) is 0 Å². The molecule has 0 saturated carbocycles. The number of furan rings is 1. The van der Waals surface area contributed by atoms with E-state index in [4.69, 9.17) is 13.9 Å². The van der Waals surface area contributed by atoms with Gasteiger partial charge in [-0.25, -0.2) is 4.39 Å². The van der Waals surface area contributed by atoms with Crippen molar-refractivity contribution in [2.45, 2.75) is 19.4 Å². The first-order chi connectivity index (χ1) is 14.7. The minimum atomic E-state index is -0.317. The first kappa shape index (κ1) is 20.0. The molecule has 1 aliphatic rings. The quantitative estimate of drug-likeness (QED) is 0.555. The van der Waals surface area contributed by atoms with Crippen LogP contribution in [0, 0.1) is 11.7 Å². The van der Waals surface area contributed by atoms with E-state index in [0.717, 1.165) is 18.6 Å². The Kier molecular flexibility index (Phi) is 6.32. The van der Waals surface area contributed by atoms with Crippen LogP contribution >= 0.6 is 0 Å². The van der Waals surface area contributed by atoms with Gasteiger partial charge in [-0.3, -0.25) is 4.79 Å². The van der Waals surface area contributed by atoms with E-state index in [1.807, 2.05) is 35.2 Å². The minimum absolute atomic E-state index is 0.118. The summed E-state index contributed by atoms with van der Waals surface area (Å²) in [5.74, 6) is 2.09. The molecule has 0 spiro atoms. The number of hydrogen-bond acceptors (Lipinski definition) is 4. The summed E-state index contributed by atoms with van der Waals surface area (Å²) in [7, 11) is 0. The molecule has 0 aliphatic carbocycles. The summed E-state index contributed by atoms with van der Waals surface area (Å²) in [5.41, 5.74) is 0. The summed E-state index contributed by atoms with van der Waals surface area (Å²) < 4.78 is 30.1. The normalized spacial score (nSPS) is 16.3. The van der Waals surface area contributed by atoms with Gasteiger partial charge in [0.25, 0.3) is 5.91 Å². The fourth-order valence-corrected chi connectivity index (χ4v) is 3.53. The number of carbonyl (C=O) groups excluding carboxylic acids is 1. The summed E-state index contributed by atoms with van der Waals surface area (Å²) in [5, 5.41) is 0. The van der Waals surface area contributed by atoms with Crippen LogP contribution in [-0.4, -0.2) is 30.5 Å². The topological polar surface area (TPSA) is 51.9 Å². The first-order valence-electron chi connectivity index (χ1n) is 10.1. The molecule has 1 unspecified atom stereocenters. The van der Waals surface area contributed by atoms with Gasteiger partial charge < -0.3 is 18.8 Å². The van der Waals surface area contributed by atoms with E-state index in [-0.39, 0.29) is 18.3 Å². The third-order valence-corrected chi connectivity index (χ3v) is 5.10. The van der Waals surface area contributed by atoms with Crippen molar-refractivity contribution >= 4 is 5.91 Å². The average molecular weight is 409 g/mol. The van der Waals surface area contributed by atoms with Crippen molar-refractivity contribution in [2.24, 2.45) is 5.92 Å². The standard InChI is InChI=1S/C24H24FNO4/c25-19-8-10-21(11-9-19)29-17-22-12-13-23(30-22)24(27)26-14-4-5-18(15-26)16-28-20-6-2-1-3-7-20/h1-3,6-13,18H,4-5,14-17H2. The predicted molar refractivity (Wildman–Crippen MR) is 110 cm³/mol. The highest BCUT2D eigenvalue weighted by molar-refractivity contribution is 5.91. The Labute approximate surface area is 175 Å². The summed E-state index contributed by atoms with van der Waals surface area (Å²) in [6.45, 7) is 2.12. The maximum Gasteiger partial charge on any atom is 0.289 e. The van der Waals surface area contributed by atoms with Crippen molar-refractivity contribution in [3.8, 4) is 11.5 Å². The van der Waals surface area contributed by atoms with E-state index in [0.29, 0.717) is 42.9 Å².